The lowest BCUT2D eigenvalue weighted by atomic mass is 9.82. The van der Waals surface area contributed by atoms with Crippen LogP contribution in [-0.2, 0) is 4.79 Å². The number of carbonyl (C=O) groups excluding carboxylic acids is 2. The van der Waals surface area contributed by atoms with Crippen LogP contribution in [0.15, 0.2) is 36.4 Å². The average molecular weight is 420 g/mol. The second-order valence-electron chi connectivity index (χ2n) is 8.70. The summed E-state index contributed by atoms with van der Waals surface area (Å²) in [4.78, 5) is 28.2. The van der Waals surface area contributed by atoms with Gasteiger partial charge in [0.25, 0.3) is 5.91 Å². The number of hydrogen-bond donors (Lipinski definition) is 1. The number of carbonyl (C=O) groups is 2. The van der Waals surface area contributed by atoms with Gasteiger partial charge < -0.3 is 15.0 Å². The maximum Gasteiger partial charge on any atom is 0.254 e. The minimum Gasteiger partial charge on any atom is -0.496 e. The van der Waals surface area contributed by atoms with Gasteiger partial charge in [-0.1, -0.05) is 43.5 Å². The Kier molecular flexibility index (Phi) is 6.13. The van der Waals surface area contributed by atoms with Gasteiger partial charge in [-0.05, 0) is 43.2 Å². The fraction of sp³-hybridized carbons (Fsp3) is 0.480. The maximum absolute atomic E-state index is 13.4. The van der Waals surface area contributed by atoms with Crippen LogP contribution in [0.1, 0.15) is 55.3 Å². The maximum atomic E-state index is 13.4. The van der Waals surface area contributed by atoms with Crippen LogP contribution in [-0.4, -0.2) is 42.5 Å². The molecule has 2 aliphatic rings. The molecule has 0 aromatic heterocycles. The highest BCUT2D eigenvalue weighted by molar-refractivity contribution is 6.08. The van der Waals surface area contributed by atoms with Crippen LogP contribution in [0.4, 0.5) is 0 Å². The van der Waals surface area contributed by atoms with E-state index in [1.54, 1.807) is 18.1 Å². The number of nitrogens with zero attached hydrogens (tertiary/aromatic N) is 2. The molecule has 1 unspecified atom stereocenters. The number of hydrogen-bond acceptors (Lipinski definition) is 4. The van der Waals surface area contributed by atoms with Crippen LogP contribution in [0.5, 0.6) is 5.75 Å². The first kappa shape index (κ1) is 21.2. The van der Waals surface area contributed by atoms with Crippen LogP contribution in [0.2, 0.25) is 0 Å². The predicted molar refractivity (Wildman–Crippen MR) is 119 cm³/mol. The molecule has 1 aliphatic carbocycles. The summed E-state index contributed by atoms with van der Waals surface area (Å²) in [6.45, 7) is 1.01. The lowest BCUT2D eigenvalue weighted by molar-refractivity contribution is -0.128. The summed E-state index contributed by atoms with van der Waals surface area (Å²) in [7, 11) is 1.62. The fourth-order valence-corrected chi connectivity index (χ4v) is 4.94. The molecule has 2 aromatic rings. The van der Waals surface area contributed by atoms with E-state index >= 15 is 0 Å². The molecule has 1 heterocycles. The first-order chi connectivity index (χ1) is 15.1. The van der Waals surface area contributed by atoms with E-state index in [0.717, 1.165) is 48.6 Å². The zero-order chi connectivity index (χ0) is 21.8. The van der Waals surface area contributed by atoms with Crippen molar-refractivity contribution < 1.29 is 14.3 Å². The lowest BCUT2D eigenvalue weighted by Gasteiger charge is -2.36. The molecule has 4 rings (SSSR count). The van der Waals surface area contributed by atoms with Gasteiger partial charge in [0.05, 0.1) is 19.1 Å². The molecular formula is C25H29N3O3. The molecule has 2 fully saturated rings. The van der Waals surface area contributed by atoms with Crippen molar-refractivity contribution in [3.63, 3.8) is 0 Å². The largest absolute Gasteiger partial charge is 0.496 e. The predicted octanol–water partition coefficient (Wildman–Crippen LogP) is 4.04. The van der Waals surface area contributed by atoms with Gasteiger partial charge in [0.15, 0.2) is 0 Å². The number of methoxy groups -OCH3 is 1. The normalized spacial score (nSPS) is 20.6. The summed E-state index contributed by atoms with van der Waals surface area (Å²) in [5.74, 6) is 0.288. The van der Waals surface area contributed by atoms with Crippen LogP contribution < -0.4 is 10.1 Å². The van der Waals surface area contributed by atoms with Gasteiger partial charge in [0.1, 0.15) is 11.3 Å². The summed E-state index contributed by atoms with van der Waals surface area (Å²) in [6.07, 6.45) is 5.98. The highest BCUT2D eigenvalue weighted by atomic mass is 16.5. The van der Waals surface area contributed by atoms with E-state index < -0.39 is 5.54 Å². The summed E-state index contributed by atoms with van der Waals surface area (Å²) in [6, 6.07) is 13.7. The number of piperidine rings is 1. The Hall–Kier alpha value is -3.07. The summed E-state index contributed by atoms with van der Waals surface area (Å²) in [5, 5.41) is 14.5. The molecule has 2 aromatic carbocycles. The smallest absolute Gasteiger partial charge is 0.254 e. The Morgan fingerprint density at radius 1 is 1.10 bits per heavy atom. The van der Waals surface area contributed by atoms with E-state index in [9.17, 15) is 14.9 Å². The van der Waals surface area contributed by atoms with Crippen LogP contribution >= 0.6 is 0 Å². The van der Waals surface area contributed by atoms with Crippen molar-refractivity contribution in [1.29, 1.82) is 5.26 Å². The molecule has 1 aliphatic heterocycles. The zero-order valence-corrected chi connectivity index (χ0v) is 18.0. The van der Waals surface area contributed by atoms with Crippen molar-refractivity contribution in [1.82, 2.24) is 10.2 Å². The van der Waals surface area contributed by atoms with E-state index in [1.807, 2.05) is 30.3 Å². The minimum absolute atomic E-state index is 0.0657. The van der Waals surface area contributed by atoms with Crippen LogP contribution in [0, 0.1) is 17.2 Å². The number of nitriles is 1. The van der Waals surface area contributed by atoms with Crippen molar-refractivity contribution in [3.05, 3.63) is 42.0 Å². The number of likely N-dealkylation sites (tertiary alicyclic amines) is 1. The molecule has 6 heteroatoms. The molecular weight excluding hydrogens is 390 g/mol. The second kappa shape index (κ2) is 8.97. The first-order valence-corrected chi connectivity index (χ1v) is 11.2. The lowest BCUT2D eigenvalue weighted by Crippen LogP contribution is -2.53. The molecule has 1 saturated heterocycles. The molecule has 0 spiro atoms. The first-order valence-electron chi connectivity index (χ1n) is 11.2. The molecule has 162 valence electrons. The Morgan fingerprint density at radius 2 is 1.84 bits per heavy atom. The SMILES string of the molecule is COc1ccc(C(=O)N2CCCC(C(=O)NC3(C#N)CCCCC3)C2)c2ccccc12. The Labute approximate surface area is 183 Å². The topological polar surface area (TPSA) is 82.4 Å². The van der Waals surface area contributed by atoms with E-state index in [2.05, 4.69) is 11.4 Å². The molecule has 0 radical (unpaired) electrons. The van der Waals surface area contributed by atoms with Gasteiger partial charge in [-0.2, -0.15) is 5.26 Å². The van der Waals surface area contributed by atoms with Crippen molar-refractivity contribution in [2.75, 3.05) is 20.2 Å². The standard InChI is InChI=1S/C25H29N3O3/c1-31-22-12-11-21(19-9-3-4-10-20(19)22)24(30)28-15-7-8-18(16-28)23(29)27-25(17-26)13-5-2-6-14-25/h3-4,9-12,18H,2,5-8,13-16H2,1H3,(H,27,29). The molecule has 2 amide bonds. The average Bonchev–Trinajstić information content (AvgIpc) is 2.83. The van der Waals surface area contributed by atoms with E-state index in [4.69, 9.17) is 4.74 Å². The summed E-state index contributed by atoms with van der Waals surface area (Å²) < 4.78 is 5.44. The van der Waals surface area contributed by atoms with E-state index in [-0.39, 0.29) is 17.7 Å². The molecule has 1 saturated carbocycles. The van der Waals surface area contributed by atoms with E-state index in [1.165, 1.54) is 0 Å². The van der Waals surface area contributed by atoms with Gasteiger partial charge in [0.2, 0.25) is 5.91 Å². The van der Waals surface area contributed by atoms with Crippen molar-refractivity contribution in [2.24, 2.45) is 5.92 Å². The Morgan fingerprint density at radius 3 is 2.55 bits per heavy atom. The Balaban J connectivity index is 1.51. The summed E-state index contributed by atoms with van der Waals surface area (Å²) in [5.41, 5.74) is -0.119. The number of benzene rings is 2. The molecule has 31 heavy (non-hydrogen) atoms. The van der Waals surface area contributed by atoms with Crippen LogP contribution in [0.3, 0.4) is 0 Å². The van der Waals surface area contributed by atoms with Gasteiger partial charge in [-0.15, -0.1) is 0 Å². The number of rotatable bonds is 4. The quantitative estimate of drug-likeness (QED) is 0.811. The highest BCUT2D eigenvalue weighted by Crippen LogP contribution is 2.31. The molecule has 1 N–H and O–H groups in total. The number of amides is 2. The van der Waals surface area contributed by atoms with Gasteiger partial charge in [0, 0.05) is 24.0 Å². The third-order valence-electron chi connectivity index (χ3n) is 6.70. The van der Waals surface area contributed by atoms with Gasteiger partial charge >= 0.3 is 0 Å². The zero-order valence-electron chi connectivity index (χ0n) is 18.0. The number of ether oxygens (including phenoxy) is 1. The second-order valence-corrected chi connectivity index (χ2v) is 8.70. The van der Waals surface area contributed by atoms with Crippen molar-refractivity contribution in [2.45, 2.75) is 50.5 Å². The molecule has 0 bridgehead atoms. The van der Waals surface area contributed by atoms with Crippen molar-refractivity contribution in [3.8, 4) is 11.8 Å². The van der Waals surface area contributed by atoms with E-state index in [0.29, 0.717) is 31.5 Å². The Bertz CT molecular complexity index is 1020. The van der Waals surface area contributed by atoms with Crippen molar-refractivity contribution >= 4 is 22.6 Å². The fourth-order valence-electron chi connectivity index (χ4n) is 4.94. The molecule has 6 nitrogen and oxygen atoms in total. The summed E-state index contributed by atoms with van der Waals surface area (Å²) >= 11 is 0. The third-order valence-corrected chi connectivity index (χ3v) is 6.70. The molecule has 1 atom stereocenters. The minimum atomic E-state index is -0.742. The van der Waals surface area contributed by atoms with Gasteiger partial charge in [-0.3, -0.25) is 9.59 Å². The number of nitrogens with one attached hydrogen (secondary N) is 1. The highest BCUT2D eigenvalue weighted by Gasteiger charge is 2.37. The third kappa shape index (κ3) is 4.23. The van der Waals surface area contributed by atoms with Gasteiger partial charge in [-0.25, -0.2) is 0 Å². The number of fused-ring (bicyclic) bond motifs is 1. The monoisotopic (exact) mass is 419 g/mol. The van der Waals surface area contributed by atoms with Crippen LogP contribution in [0.25, 0.3) is 10.8 Å².